The van der Waals surface area contributed by atoms with E-state index in [0.29, 0.717) is 17.3 Å². The van der Waals surface area contributed by atoms with Gasteiger partial charge in [0.1, 0.15) is 5.75 Å². The Labute approximate surface area is 125 Å². The lowest BCUT2D eigenvalue weighted by Crippen LogP contribution is -2.10. The zero-order chi connectivity index (χ0) is 14.8. The van der Waals surface area contributed by atoms with Crippen molar-refractivity contribution in [3.63, 3.8) is 0 Å². The molecule has 0 saturated carbocycles. The van der Waals surface area contributed by atoms with E-state index in [-0.39, 0.29) is 5.91 Å². The van der Waals surface area contributed by atoms with Crippen molar-refractivity contribution in [2.24, 2.45) is 7.05 Å². The van der Waals surface area contributed by atoms with Crippen molar-refractivity contribution in [3.8, 4) is 5.75 Å². The second-order valence-corrected chi connectivity index (χ2v) is 5.47. The number of nitrogens with one attached hydrogen (secondary N) is 1. The minimum atomic E-state index is -0.216. The molecule has 0 atom stereocenters. The lowest BCUT2D eigenvalue weighted by atomic mass is 10.3. The van der Waals surface area contributed by atoms with Crippen LogP contribution in [0, 0.1) is 0 Å². The normalized spacial score (nSPS) is 10.8. The summed E-state index contributed by atoms with van der Waals surface area (Å²) >= 11 is 1.42. The first-order valence-corrected chi connectivity index (χ1v) is 7.30. The molecule has 1 N–H and O–H groups in total. The van der Waals surface area contributed by atoms with E-state index in [1.807, 2.05) is 25.1 Å². The summed E-state index contributed by atoms with van der Waals surface area (Å²) in [6.45, 7) is 2.56. The van der Waals surface area contributed by atoms with E-state index in [0.717, 1.165) is 16.0 Å². The molecule has 3 aromatic rings. The zero-order valence-electron chi connectivity index (χ0n) is 11.7. The number of nitrogens with zero attached hydrogens (tertiary/aromatic N) is 3. The Morgan fingerprint density at radius 3 is 3.05 bits per heavy atom. The number of aromatic nitrogens is 3. The minimum absolute atomic E-state index is 0.216. The van der Waals surface area contributed by atoms with Crippen LogP contribution in [0.25, 0.3) is 10.2 Å². The fourth-order valence-corrected chi connectivity index (χ4v) is 2.81. The predicted octanol–water partition coefficient (Wildman–Crippen LogP) is 2.68. The molecule has 0 bridgehead atoms. The number of thiazole rings is 1. The Morgan fingerprint density at radius 1 is 1.48 bits per heavy atom. The molecule has 6 nitrogen and oxygen atoms in total. The van der Waals surface area contributed by atoms with Crippen LogP contribution in [0.2, 0.25) is 0 Å². The number of benzene rings is 1. The molecule has 0 aliphatic carbocycles. The number of hydrogen-bond donors (Lipinski definition) is 1. The fourth-order valence-electron chi connectivity index (χ4n) is 1.92. The molecule has 2 heterocycles. The molecule has 2 aromatic heterocycles. The molecule has 7 heteroatoms. The first-order chi connectivity index (χ1) is 10.2. The van der Waals surface area contributed by atoms with Crippen LogP contribution in [0.5, 0.6) is 5.75 Å². The van der Waals surface area contributed by atoms with Crippen molar-refractivity contribution in [3.05, 3.63) is 36.2 Å². The largest absolute Gasteiger partial charge is 0.494 e. The summed E-state index contributed by atoms with van der Waals surface area (Å²) in [6, 6.07) is 5.69. The molecule has 0 fully saturated rings. The van der Waals surface area contributed by atoms with Crippen molar-refractivity contribution in [2.75, 3.05) is 11.9 Å². The number of fused-ring (bicyclic) bond motifs is 1. The van der Waals surface area contributed by atoms with Crippen molar-refractivity contribution in [1.29, 1.82) is 0 Å². The van der Waals surface area contributed by atoms with E-state index in [2.05, 4.69) is 15.4 Å². The first kappa shape index (κ1) is 13.6. The zero-order valence-corrected chi connectivity index (χ0v) is 12.5. The monoisotopic (exact) mass is 302 g/mol. The Bertz CT molecular complexity index is 793. The predicted molar refractivity (Wildman–Crippen MR) is 82.0 cm³/mol. The van der Waals surface area contributed by atoms with Gasteiger partial charge < -0.3 is 4.74 Å². The van der Waals surface area contributed by atoms with Crippen molar-refractivity contribution < 1.29 is 9.53 Å². The molecule has 3 rings (SSSR count). The van der Waals surface area contributed by atoms with Crippen LogP contribution in [0.15, 0.2) is 30.6 Å². The highest BCUT2D eigenvalue weighted by molar-refractivity contribution is 7.22. The number of anilines is 1. The van der Waals surface area contributed by atoms with Gasteiger partial charge >= 0.3 is 0 Å². The van der Waals surface area contributed by atoms with Gasteiger partial charge in [-0.15, -0.1) is 0 Å². The van der Waals surface area contributed by atoms with Gasteiger partial charge in [-0.3, -0.25) is 14.8 Å². The Kier molecular flexibility index (Phi) is 3.57. The Morgan fingerprint density at radius 2 is 2.33 bits per heavy atom. The summed E-state index contributed by atoms with van der Waals surface area (Å²) in [5.74, 6) is 0.589. The van der Waals surface area contributed by atoms with Crippen LogP contribution in [0.1, 0.15) is 17.3 Å². The van der Waals surface area contributed by atoms with Gasteiger partial charge in [-0.1, -0.05) is 11.3 Å². The SMILES string of the molecule is CCOc1ccc2nc(NC(=O)c3cnn(C)c3)sc2c1. The number of carbonyl (C=O) groups excluding carboxylic acids is 1. The maximum Gasteiger partial charge on any atom is 0.260 e. The van der Waals surface area contributed by atoms with Gasteiger partial charge in [0.05, 0.1) is 28.6 Å². The van der Waals surface area contributed by atoms with Crippen LogP contribution < -0.4 is 10.1 Å². The van der Waals surface area contributed by atoms with Gasteiger partial charge in [0.25, 0.3) is 5.91 Å². The van der Waals surface area contributed by atoms with Crippen LogP contribution >= 0.6 is 11.3 Å². The maximum atomic E-state index is 12.1. The van der Waals surface area contributed by atoms with Crippen molar-refractivity contribution in [1.82, 2.24) is 14.8 Å². The highest BCUT2D eigenvalue weighted by Gasteiger charge is 2.11. The second-order valence-electron chi connectivity index (χ2n) is 4.44. The van der Waals surface area contributed by atoms with Gasteiger partial charge in [0.2, 0.25) is 0 Å². The molecule has 0 unspecified atom stereocenters. The van der Waals surface area contributed by atoms with Gasteiger partial charge in [0, 0.05) is 13.2 Å². The average Bonchev–Trinajstić information content (AvgIpc) is 3.04. The quantitative estimate of drug-likeness (QED) is 0.804. The van der Waals surface area contributed by atoms with E-state index in [9.17, 15) is 4.79 Å². The van der Waals surface area contributed by atoms with E-state index < -0.39 is 0 Å². The summed E-state index contributed by atoms with van der Waals surface area (Å²) in [5, 5.41) is 7.33. The summed E-state index contributed by atoms with van der Waals surface area (Å²) in [4.78, 5) is 16.4. The molecule has 1 amide bonds. The lowest BCUT2D eigenvalue weighted by Gasteiger charge is -2.00. The van der Waals surface area contributed by atoms with Gasteiger partial charge in [0.15, 0.2) is 5.13 Å². The third-order valence-corrected chi connectivity index (χ3v) is 3.79. The van der Waals surface area contributed by atoms with Crippen LogP contribution in [-0.2, 0) is 7.05 Å². The number of amides is 1. The lowest BCUT2D eigenvalue weighted by molar-refractivity contribution is 0.102. The van der Waals surface area contributed by atoms with Gasteiger partial charge in [-0.05, 0) is 25.1 Å². The third kappa shape index (κ3) is 2.87. The first-order valence-electron chi connectivity index (χ1n) is 6.49. The third-order valence-electron chi connectivity index (χ3n) is 2.86. The highest BCUT2D eigenvalue weighted by atomic mass is 32.1. The highest BCUT2D eigenvalue weighted by Crippen LogP contribution is 2.29. The molecule has 21 heavy (non-hydrogen) atoms. The van der Waals surface area contributed by atoms with Crippen LogP contribution in [0.4, 0.5) is 5.13 Å². The summed E-state index contributed by atoms with van der Waals surface area (Å²) < 4.78 is 8.02. The van der Waals surface area contributed by atoms with Gasteiger partial charge in [-0.25, -0.2) is 4.98 Å². The molecular weight excluding hydrogens is 288 g/mol. The van der Waals surface area contributed by atoms with Crippen molar-refractivity contribution >= 4 is 32.6 Å². The van der Waals surface area contributed by atoms with Crippen LogP contribution in [0.3, 0.4) is 0 Å². The second kappa shape index (κ2) is 5.53. The molecule has 108 valence electrons. The number of rotatable bonds is 4. The summed E-state index contributed by atoms with van der Waals surface area (Å²) in [6.07, 6.45) is 3.19. The fraction of sp³-hybridized carbons (Fsp3) is 0.214. The Balaban J connectivity index is 1.82. The molecule has 1 aromatic carbocycles. The van der Waals surface area contributed by atoms with Gasteiger partial charge in [-0.2, -0.15) is 5.10 Å². The number of hydrogen-bond acceptors (Lipinski definition) is 5. The van der Waals surface area contributed by atoms with Crippen LogP contribution in [-0.4, -0.2) is 27.3 Å². The average molecular weight is 302 g/mol. The molecular formula is C14H14N4O2S. The molecule has 0 aliphatic heterocycles. The number of aryl methyl sites for hydroxylation is 1. The van der Waals surface area contributed by atoms with E-state index in [4.69, 9.17) is 4.74 Å². The van der Waals surface area contributed by atoms with E-state index in [1.54, 1.807) is 17.9 Å². The standard InChI is InChI=1S/C14H14N4O2S/c1-3-20-10-4-5-11-12(6-10)21-14(16-11)17-13(19)9-7-15-18(2)8-9/h4-8H,3H2,1-2H3,(H,16,17,19). The molecule has 0 radical (unpaired) electrons. The number of ether oxygens (including phenoxy) is 1. The van der Waals surface area contributed by atoms with Crippen molar-refractivity contribution in [2.45, 2.75) is 6.92 Å². The minimum Gasteiger partial charge on any atom is -0.494 e. The molecule has 0 saturated heterocycles. The van der Waals surface area contributed by atoms with E-state index in [1.165, 1.54) is 17.5 Å². The molecule has 0 aliphatic rings. The molecule has 0 spiro atoms. The summed E-state index contributed by atoms with van der Waals surface area (Å²) in [7, 11) is 1.77. The smallest absolute Gasteiger partial charge is 0.260 e. The van der Waals surface area contributed by atoms with E-state index >= 15 is 0 Å². The number of carbonyl (C=O) groups is 1. The summed E-state index contributed by atoms with van der Waals surface area (Å²) in [5.41, 5.74) is 1.34. The maximum absolute atomic E-state index is 12.1. The Hall–Kier alpha value is -2.41. The topological polar surface area (TPSA) is 69.0 Å².